The zero-order valence-corrected chi connectivity index (χ0v) is 9.86. The van der Waals surface area contributed by atoms with Gasteiger partial charge in [-0.25, -0.2) is 14.2 Å². The molecule has 0 radical (unpaired) electrons. The molecule has 0 aliphatic rings. The predicted octanol–water partition coefficient (Wildman–Crippen LogP) is -0.444. The van der Waals surface area contributed by atoms with Gasteiger partial charge in [-0.15, -0.1) is 5.10 Å². The standard InChI is InChI=1S/C10H11N5O3/c1-6(10(17)18)3-4-15-9(16)7-5-11-14(2)8(7)12-13-15/h3,5H,4H2,1-2H3,(H,17,18). The van der Waals surface area contributed by atoms with E-state index in [1.165, 1.54) is 23.9 Å². The molecule has 2 rings (SSSR count). The van der Waals surface area contributed by atoms with Gasteiger partial charge in [0.1, 0.15) is 5.39 Å². The van der Waals surface area contributed by atoms with Crippen LogP contribution in [0.25, 0.3) is 11.0 Å². The lowest BCUT2D eigenvalue weighted by molar-refractivity contribution is -0.132. The van der Waals surface area contributed by atoms with Crippen LogP contribution in [0.2, 0.25) is 0 Å². The second-order valence-corrected chi connectivity index (χ2v) is 3.77. The lowest BCUT2D eigenvalue weighted by Crippen LogP contribution is -2.24. The molecule has 1 N–H and O–H groups in total. The third-order valence-electron chi connectivity index (χ3n) is 2.53. The maximum absolute atomic E-state index is 12.0. The molecule has 0 fully saturated rings. The van der Waals surface area contributed by atoms with Gasteiger partial charge in [-0.1, -0.05) is 11.3 Å². The number of fused-ring (bicyclic) bond motifs is 1. The van der Waals surface area contributed by atoms with E-state index in [1.807, 2.05) is 0 Å². The molecule has 0 unspecified atom stereocenters. The maximum Gasteiger partial charge on any atom is 0.331 e. The van der Waals surface area contributed by atoms with Crippen LogP contribution in [-0.2, 0) is 18.4 Å². The van der Waals surface area contributed by atoms with Gasteiger partial charge in [-0.2, -0.15) is 5.10 Å². The largest absolute Gasteiger partial charge is 0.478 e. The van der Waals surface area contributed by atoms with Gasteiger partial charge < -0.3 is 5.11 Å². The number of aromatic nitrogens is 5. The molecule has 0 aliphatic heterocycles. The first-order valence-corrected chi connectivity index (χ1v) is 5.16. The van der Waals surface area contributed by atoms with Gasteiger partial charge in [0.15, 0.2) is 5.65 Å². The predicted molar refractivity (Wildman–Crippen MR) is 62.0 cm³/mol. The fourth-order valence-corrected chi connectivity index (χ4v) is 1.41. The Hall–Kier alpha value is -2.51. The fraction of sp³-hybridized carbons (Fsp3) is 0.300. The van der Waals surface area contributed by atoms with Crippen LogP contribution in [0.4, 0.5) is 0 Å². The highest BCUT2D eigenvalue weighted by molar-refractivity contribution is 5.85. The second-order valence-electron chi connectivity index (χ2n) is 3.77. The van der Waals surface area contributed by atoms with Crippen LogP contribution in [0.1, 0.15) is 6.92 Å². The molecular formula is C10H11N5O3. The molecule has 0 spiro atoms. The van der Waals surface area contributed by atoms with E-state index in [1.54, 1.807) is 7.05 Å². The molecule has 0 bridgehead atoms. The number of rotatable bonds is 3. The third kappa shape index (κ3) is 1.99. The molecule has 2 aromatic heterocycles. The minimum Gasteiger partial charge on any atom is -0.478 e. The molecule has 8 heteroatoms. The number of hydrogen-bond acceptors (Lipinski definition) is 5. The highest BCUT2D eigenvalue weighted by Gasteiger charge is 2.09. The highest BCUT2D eigenvalue weighted by Crippen LogP contribution is 2.01. The number of hydrogen-bond donors (Lipinski definition) is 1. The second kappa shape index (κ2) is 4.40. The molecule has 2 heterocycles. The van der Waals surface area contributed by atoms with Crippen LogP contribution in [-0.4, -0.2) is 35.9 Å². The van der Waals surface area contributed by atoms with Crippen LogP contribution in [0, 0.1) is 0 Å². The summed E-state index contributed by atoms with van der Waals surface area (Å²) in [4.78, 5) is 22.6. The molecule has 0 atom stereocenters. The smallest absolute Gasteiger partial charge is 0.331 e. The van der Waals surface area contributed by atoms with E-state index in [0.29, 0.717) is 11.0 Å². The van der Waals surface area contributed by atoms with Crippen LogP contribution in [0.15, 0.2) is 22.6 Å². The monoisotopic (exact) mass is 249 g/mol. The molecule has 8 nitrogen and oxygen atoms in total. The fourth-order valence-electron chi connectivity index (χ4n) is 1.41. The zero-order valence-electron chi connectivity index (χ0n) is 9.86. The van der Waals surface area contributed by atoms with Crippen molar-refractivity contribution < 1.29 is 9.90 Å². The van der Waals surface area contributed by atoms with E-state index in [2.05, 4.69) is 15.4 Å². The van der Waals surface area contributed by atoms with Gasteiger partial charge in [0, 0.05) is 12.6 Å². The van der Waals surface area contributed by atoms with E-state index in [4.69, 9.17) is 5.11 Å². The van der Waals surface area contributed by atoms with Crippen molar-refractivity contribution in [2.24, 2.45) is 7.05 Å². The summed E-state index contributed by atoms with van der Waals surface area (Å²) in [5, 5.41) is 20.6. The summed E-state index contributed by atoms with van der Waals surface area (Å²) in [6, 6.07) is 0. The van der Waals surface area contributed by atoms with Crippen LogP contribution in [0.3, 0.4) is 0 Å². The molecule has 0 aromatic carbocycles. The van der Waals surface area contributed by atoms with Crippen molar-refractivity contribution in [1.82, 2.24) is 24.8 Å². The molecular weight excluding hydrogens is 238 g/mol. The van der Waals surface area contributed by atoms with E-state index < -0.39 is 5.97 Å². The van der Waals surface area contributed by atoms with Crippen molar-refractivity contribution in [2.75, 3.05) is 0 Å². The number of carbonyl (C=O) groups is 1. The topological polar surface area (TPSA) is 103 Å². The van der Waals surface area contributed by atoms with Gasteiger partial charge >= 0.3 is 5.97 Å². The van der Waals surface area contributed by atoms with Crippen molar-refractivity contribution in [2.45, 2.75) is 13.5 Å². The summed E-state index contributed by atoms with van der Waals surface area (Å²) in [5.41, 5.74) is 0.202. The Morgan fingerprint density at radius 1 is 1.56 bits per heavy atom. The Balaban J connectivity index is 2.42. The maximum atomic E-state index is 12.0. The minimum absolute atomic E-state index is 0.0643. The summed E-state index contributed by atoms with van der Waals surface area (Å²) >= 11 is 0. The molecule has 0 aliphatic carbocycles. The molecule has 0 amide bonds. The van der Waals surface area contributed by atoms with E-state index in [0.717, 1.165) is 4.68 Å². The Kier molecular flexibility index (Phi) is 2.92. The van der Waals surface area contributed by atoms with Crippen molar-refractivity contribution in [3.8, 4) is 0 Å². The van der Waals surface area contributed by atoms with Crippen LogP contribution >= 0.6 is 0 Å². The number of nitrogens with zero attached hydrogens (tertiary/aromatic N) is 5. The highest BCUT2D eigenvalue weighted by atomic mass is 16.4. The SMILES string of the molecule is CC(=CCn1nnc2c(cnn2C)c1=O)C(=O)O. The number of allylic oxidation sites excluding steroid dienone is 1. The number of aryl methyl sites for hydroxylation is 1. The average molecular weight is 249 g/mol. The zero-order chi connectivity index (χ0) is 13.3. The molecule has 0 saturated heterocycles. The van der Waals surface area contributed by atoms with Gasteiger partial charge in [0.05, 0.1) is 12.7 Å². The Morgan fingerprint density at radius 3 is 2.94 bits per heavy atom. The van der Waals surface area contributed by atoms with Crippen molar-refractivity contribution in [3.63, 3.8) is 0 Å². The first-order chi connectivity index (χ1) is 8.50. The lowest BCUT2D eigenvalue weighted by Gasteiger charge is -2.00. The van der Waals surface area contributed by atoms with Gasteiger partial charge in [0.2, 0.25) is 0 Å². The van der Waals surface area contributed by atoms with Gasteiger partial charge in [-0.05, 0) is 6.92 Å². The summed E-state index contributed by atoms with van der Waals surface area (Å²) in [6.07, 6.45) is 2.82. The summed E-state index contributed by atoms with van der Waals surface area (Å²) in [6.45, 7) is 1.51. The van der Waals surface area contributed by atoms with Crippen LogP contribution < -0.4 is 5.56 Å². The third-order valence-corrected chi connectivity index (χ3v) is 2.53. The average Bonchev–Trinajstić information content (AvgIpc) is 2.70. The number of carboxylic acid groups (broad SMARTS) is 1. The van der Waals surface area contributed by atoms with E-state index in [9.17, 15) is 9.59 Å². The van der Waals surface area contributed by atoms with E-state index >= 15 is 0 Å². The number of aliphatic carboxylic acids is 1. The summed E-state index contributed by atoms with van der Waals surface area (Å²) in [7, 11) is 1.66. The van der Waals surface area contributed by atoms with Crippen molar-refractivity contribution in [3.05, 3.63) is 28.2 Å². The Bertz CT molecular complexity index is 697. The molecule has 2 aromatic rings. The first-order valence-electron chi connectivity index (χ1n) is 5.16. The minimum atomic E-state index is -1.03. The lowest BCUT2D eigenvalue weighted by atomic mass is 10.3. The van der Waals surface area contributed by atoms with Crippen molar-refractivity contribution in [1.29, 1.82) is 0 Å². The first kappa shape index (κ1) is 12.0. The van der Waals surface area contributed by atoms with Crippen LogP contribution in [0.5, 0.6) is 0 Å². The Labute approximate surface area is 101 Å². The van der Waals surface area contributed by atoms with Gasteiger partial charge in [0.25, 0.3) is 5.56 Å². The quantitative estimate of drug-likeness (QED) is 0.739. The summed E-state index contributed by atoms with van der Waals surface area (Å²) in [5.74, 6) is -1.03. The van der Waals surface area contributed by atoms with E-state index in [-0.39, 0.29) is 17.7 Å². The molecule has 94 valence electrons. The molecule has 18 heavy (non-hydrogen) atoms. The molecule has 0 saturated carbocycles. The van der Waals surface area contributed by atoms with Crippen molar-refractivity contribution >= 4 is 17.0 Å². The number of carboxylic acids is 1. The van der Waals surface area contributed by atoms with Gasteiger partial charge in [-0.3, -0.25) is 4.79 Å². The summed E-state index contributed by atoms with van der Waals surface area (Å²) < 4.78 is 2.54. The normalized spacial score (nSPS) is 12.0. The Morgan fingerprint density at radius 2 is 2.28 bits per heavy atom.